The molecule has 0 bridgehead atoms. The first-order valence-electron chi connectivity index (χ1n) is 2.98. The van der Waals surface area contributed by atoms with Crippen molar-refractivity contribution in [2.75, 3.05) is 0 Å². The van der Waals surface area contributed by atoms with Crippen LogP contribution in [0, 0.1) is 15.9 Å². The molecule has 0 unspecified atom stereocenters. The SMILES string of the molecule is O=[C]c1cccc([N+](=O)[O-])c1F. The normalized spacial score (nSPS) is 9.42. The van der Waals surface area contributed by atoms with E-state index in [1.54, 1.807) is 0 Å². The molecule has 0 saturated carbocycles. The van der Waals surface area contributed by atoms with Gasteiger partial charge in [0.05, 0.1) is 10.5 Å². The van der Waals surface area contributed by atoms with Gasteiger partial charge in [-0.2, -0.15) is 4.39 Å². The van der Waals surface area contributed by atoms with Crippen molar-refractivity contribution in [2.24, 2.45) is 0 Å². The fraction of sp³-hybridized carbons (Fsp3) is 0. The van der Waals surface area contributed by atoms with Crippen molar-refractivity contribution in [1.82, 2.24) is 0 Å². The monoisotopic (exact) mass is 168 g/mol. The van der Waals surface area contributed by atoms with E-state index in [4.69, 9.17) is 0 Å². The van der Waals surface area contributed by atoms with E-state index in [0.717, 1.165) is 12.1 Å². The third-order valence-corrected chi connectivity index (χ3v) is 1.28. The van der Waals surface area contributed by atoms with Crippen molar-refractivity contribution < 1.29 is 14.1 Å². The molecule has 0 saturated heterocycles. The highest BCUT2D eigenvalue weighted by Gasteiger charge is 2.16. The zero-order valence-corrected chi connectivity index (χ0v) is 5.78. The smallest absolute Gasteiger partial charge is 0.285 e. The summed E-state index contributed by atoms with van der Waals surface area (Å²) < 4.78 is 12.8. The Bertz CT molecular complexity index is 337. The van der Waals surface area contributed by atoms with Crippen LogP contribution in [0.3, 0.4) is 0 Å². The van der Waals surface area contributed by atoms with E-state index in [1.165, 1.54) is 12.4 Å². The molecule has 0 fully saturated rings. The Kier molecular flexibility index (Phi) is 2.14. The van der Waals surface area contributed by atoms with Crippen molar-refractivity contribution in [1.29, 1.82) is 0 Å². The summed E-state index contributed by atoms with van der Waals surface area (Å²) in [5, 5.41) is 10.1. The number of halogens is 1. The molecule has 0 N–H and O–H groups in total. The fourth-order valence-corrected chi connectivity index (χ4v) is 0.740. The van der Waals surface area contributed by atoms with Gasteiger partial charge in [-0.15, -0.1) is 0 Å². The number of hydrogen-bond donors (Lipinski definition) is 0. The zero-order valence-electron chi connectivity index (χ0n) is 5.78. The molecule has 1 radical (unpaired) electrons. The van der Waals surface area contributed by atoms with Crippen LogP contribution in [0.15, 0.2) is 18.2 Å². The second-order valence-electron chi connectivity index (χ2n) is 2.00. The van der Waals surface area contributed by atoms with E-state index in [-0.39, 0.29) is 0 Å². The molecule has 1 rings (SSSR count). The van der Waals surface area contributed by atoms with E-state index in [1.807, 2.05) is 0 Å². The van der Waals surface area contributed by atoms with Crippen LogP contribution in [0.2, 0.25) is 0 Å². The topological polar surface area (TPSA) is 60.2 Å². The molecule has 0 aliphatic carbocycles. The summed E-state index contributed by atoms with van der Waals surface area (Å²) in [5.74, 6) is -1.14. The van der Waals surface area contributed by atoms with Crippen molar-refractivity contribution >= 4 is 12.0 Å². The Labute approximate surface area is 66.8 Å². The molecule has 0 aromatic heterocycles. The molecule has 4 nitrogen and oxygen atoms in total. The van der Waals surface area contributed by atoms with Crippen LogP contribution in [-0.4, -0.2) is 11.2 Å². The van der Waals surface area contributed by atoms with Gasteiger partial charge in [0, 0.05) is 6.07 Å². The maximum atomic E-state index is 12.8. The van der Waals surface area contributed by atoms with Gasteiger partial charge in [0.15, 0.2) is 0 Å². The lowest BCUT2D eigenvalue weighted by Gasteiger charge is -1.93. The van der Waals surface area contributed by atoms with Crippen LogP contribution < -0.4 is 0 Å². The van der Waals surface area contributed by atoms with Crippen LogP contribution in [-0.2, 0) is 4.79 Å². The largest absolute Gasteiger partial charge is 0.305 e. The molecule has 5 heteroatoms. The summed E-state index contributed by atoms with van der Waals surface area (Å²) in [6.45, 7) is 0. The van der Waals surface area contributed by atoms with Gasteiger partial charge in [-0.3, -0.25) is 14.9 Å². The second-order valence-corrected chi connectivity index (χ2v) is 2.00. The lowest BCUT2D eigenvalue weighted by atomic mass is 10.2. The Morgan fingerprint density at radius 3 is 2.67 bits per heavy atom. The van der Waals surface area contributed by atoms with Crippen molar-refractivity contribution in [3.8, 4) is 0 Å². The van der Waals surface area contributed by atoms with Crippen LogP contribution in [0.25, 0.3) is 0 Å². The molecule has 61 valence electrons. The highest BCUT2D eigenvalue weighted by Crippen LogP contribution is 2.18. The lowest BCUT2D eigenvalue weighted by Crippen LogP contribution is -1.96. The van der Waals surface area contributed by atoms with E-state index in [0.29, 0.717) is 0 Å². The highest BCUT2D eigenvalue weighted by molar-refractivity contribution is 5.77. The maximum Gasteiger partial charge on any atom is 0.305 e. The van der Waals surface area contributed by atoms with E-state index < -0.39 is 22.0 Å². The summed E-state index contributed by atoms with van der Waals surface area (Å²) in [7, 11) is 0. The van der Waals surface area contributed by atoms with Gasteiger partial charge in [-0.25, -0.2) is 0 Å². The number of carbonyl (C=O) groups excluding carboxylic acids is 1. The summed E-state index contributed by atoms with van der Waals surface area (Å²) in [6.07, 6.45) is 1.26. The molecule has 0 aliphatic heterocycles. The van der Waals surface area contributed by atoms with Gasteiger partial charge in [0.25, 0.3) is 0 Å². The maximum absolute atomic E-state index is 12.8. The van der Waals surface area contributed by atoms with Gasteiger partial charge in [-0.1, -0.05) is 6.07 Å². The highest BCUT2D eigenvalue weighted by atomic mass is 19.1. The van der Waals surface area contributed by atoms with Crippen LogP contribution >= 0.6 is 0 Å². The first-order valence-corrected chi connectivity index (χ1v) is 2.98. The average Bonchev–Trinajstić information content (AvgIpc) is 2.04. The van der Waals surface area contributed by atoms with Gasteiger partial charge in [-0.05, 0) is 6.07 Å². The number of nitro groups is 1. The molecule has 0 spiro atoms. The van der Waals surface area contributed by atoms with Crippen molar-refractivity contribution in [3.63, 3.8) is 0 Å². The lowest BCUT2D eigenvalue weighted by molar-refractivity contribution is -0.387. The van der Waals surface area contributed by atoms with Gasteiger partial charge >= 0.3 is 5.69 Å². The van der Waals surface area contributed by atoms with E-state index in [2.05, 4.69) is 0 Å². The number of nitro benzene ring substituents is 1. The predicted octanol–water partition coefficient (Wildman–Crippen LogP) is 1.19. The van der Waals surface area contributed by atoms with E-state index in [9.17, 15) is 19.3 Å². The molecule has 0 aliphatic rings. The molecular weight excluding hydrogens is 165 g/mol. The zero-order chi connectivity index (χ0) is 9.14. The van der Waals surface area contributed by atoms with Gasteiger partial charge in [0.2, 0.25) is 12.1 Å². The molecular formula is C7H3FNO3. The first-order chi connectivity index (χ1) is 5.66. The number of hydrogen-bond acceptors (Lipinski definition) is 3. The number of nitrogens with zero attached hydrogens (tertiary/aromatic N) is 1. The summed E-state index contributed by atoms with van der Waals surface area (Å²) in [4.78, 5) is 19.2. The minimum atomic E-state index is -1.14. The van der Waals surface area contributed by atoms with Crippen LogP contribution in [0.5, 0.6) is 0 Å². The number of benzene rings is 1. The minimum absolute atomic E-state index is 0.427. The van der Waals surface area contributed by atoms with Crippen molar-refractivity contribution in [2.45, 2.75) is 0 Å². The van der Waals surface area contributed by atoms with Gasteiger partial charge < -0.3 is 0 Å². The molecule has 0 atom stereocenters. The molecule has 0 heterocycles. The first kappa shape index (κ1) is 8.32. The fourth-order valence-electron chi connectivity index (χ4n) is 0.740. The van der Waals surface area contributed by atoms with Crippen LogP contribution in [0.1, 0.15) is 5.56 Å². The average molecular weight is 168 g/mol. The van der Waals surface area contributed by atoms with Crippen molar-refractivity contribution in [3.05, 3.63) is 39.7 Å². The molecule has 0 amide bonds. The molecule has 12 heavy (non-hydrogen) atoms. The second kappa shape index (κ2) is 3.08. The standard InChI is InChI=1S/C7H3FNO3/c8-7-5(4-10)2-1-3-6(7)9(11)12/h1-3H. The summed E-state index contributed by atoms with van der Waals surface area (Å²) >= 11 is 0. The Morgan fingerprint density at radius 2 is 2.17 bits per heavy atom. The molecule has 1 aromatic rings. The Morgan fingerprint density at radius 1 is 1.50 bits per heavy atom. The quantitative estimate of drug-likeness (QED) is 0.492. The predicted molar refractivity (Wildman–Crippen MR) is 37.8 cm³/mol. The van der Waals surface area contributed by atoms with Gasteiger partial charge in [0.1, 0.15) is 0 Å². The van der Waals surface area contributed by atoms with E-state index >= 15 is 0 Å². The molecule has 1 aromatic carbocycles. The summed E-state index contributed by atoms with van der Waals surface area (Å²) in [5.41, 5.74) is -1.14. The Hall–Kier alpha value is -1.78. The summed E-state index contributed by atoms with van der Waals surface area (Å²) in [6, 6.07) is 3.33. The number of rotatable bonds is 2. The minimum Gasteiger partial charge on any atom is -0.285 e. The Balaban J connectivity index is 3.32. The third-order valence-electron chi connectivity index (χ3n) is 1.28. The third kappa shape index (κ3) is 1.29. The van der Waals surface area contributed by atoms with Crippen LogP contribution in [0.4, 0.5) is 10.1 Å².